The van der Waals surface area contributed by atoms with Gasteiger partial charge in [0.05, 0.1) is 6.10 Å². The lowest BCUT2D eigenvalue weighted by molar-refractivity contribution is 0.124. The van der Waals surface area contributed by atoms with Crippen LogP contribution in [0.25, 0.3) is 0 Å². The van der Waals surface area contributed by atoms with Crippen LogP contribution in [0.5, 0.6) is 0 Å². The lowest BCUT2D eigenvalue weighted by atomic mass is 9.79. The summed E-state index contributed by atoms with van der Waals surface area (Å²) in [7, 11) is 0. The van der Waals surface area contributed by atoms with Crippen molar-refractivity contribution in [3.05, 3.63) is 0 Å². The highest BCUT2D eigenvalue weighted by atomic mass is 16.3. The van der Waals surface area contributed by atoms with E-state index in [0.717, 1.165) is 11.8 Å². The zero-order valence-electron chi connectivity index (χ0n) is 9.96. The van der Waals surface area contributed by atoms with E-state index in [2.05, 4.69) is 26.1 Å². The van der Waals surface area contributed by atoms with Gasteiger partial charge in [0, 0.05) is 12.1 Å². The molecule has 0 heterocycles. The second kappa shape index (κ2) is 5.13. The number of hydrogen-bond acceptors (Lipinski definition) is 2. The molecule has 1 fully saturated rings. The smallest absolute Gasteiger partial charge is 0.0662 e. The van der Waals surface area contributed by atoms with Gasteiger partial charge < -0.3 is 10.4 Å². The molecular formula is C12H25NO. The normalized spacial score (nSPS) is 37.9. The SMILES string of the molecule is CC1CCC(C)C(NC(C)C(C)O)C1. The van der Waals surface area contributed by atoms with E-state index in [1.807, 2.05) is 6.92 Å². The minimum absolute atomic E-state index is 0.216. The lowest BCUT2D eigenvalue weighted by Crippen LogP contribution is -2.47. The van der Waals surface area contributed by atoms with Gasteiger partial charge in [-0.05, 0) is 38.5 Å². The first-order valence-electron chi connectivity index (χ1n) is 5.94. The first-order valence-corrected chi connectivity index (χ1v) is 5.94. The van der Waals surface area contributed by atoms with Crippen molar-refractivity contribution >= 4 is 0 Å². The van der Waals surface area contributed by atoms with Gasteiger partial charge >= 0.3 is 0 Å². The van der Waals surface area contributed by atoms with Crippen molar-refractivity contribution in [3.8, 4) is 0 Å². The largest absolute Gasteiger partial charge is 0.392 e. The second-order valence-corrected chi connectivity index (χ2v) is 5.20. The van der Waals surface area contributed by atoms with Gasteiger partial charge in [-0.1, -0.05) is 20.3 Å². The number of hydrogen-bond donors (Lipinski definition) is 2. The van der Waals surface area contributed by atoms with E-state index in [9.17, 15) is 5.11 Å². The molecule has 0 aromatic heterocycles. The Bertz CT molecular complexity index is 170. The first kappa shape index (κ1) is 12.0. The summed E-state index contributed by atoms with van der Waals surface area (Å²) >= 11 is 0. The van der Waals surface area contributed by atoms with Gasteiger partial charge in [0.25, 0.3) is 0 Å². The van der Waals surface area contributed by atoms with E-state index < -0.39 is 0 Å². The maximum atomic E-state index is 9.44. The highest BCUT2D eigenvalue weighted by Crippen LogP contribution is 2.28. The fraction of sp³-hybridized carbons (Fsp3) is 1.00. The Morgan fingerprint density at radius 1 is 1.21 bits per heavy atom. The van der Waals surface area contributed by atoms with Crippen molar-refractivity contribution in [1.82, 2.24) is 5.32 Å². The summed E-state index contributed by atoms with van der Waals surface area (Å²) < 4.78 is 0. The maximum Gasteiger partial charge on any atom is 0.0662 e. The summed E-state index contributed by atoms with van der Waals surface area (Å²) in [6.45, 7) is 8.57. The Labute approximate surface area is 88.1 Å². The Balaban J connectivity index is 2.41. The van der Waals surface area contributed by atoms with Crippen LogP contribution in [-0.4, -0.2) is 23.3 Å². The maximum absolute atomic E-state index is 9.44. The minimum Gasteiger partial charge on any atom is -0.392 e. The molecule has 0 aliphatic heterocycles. The van der Waals surface area contributed by atoms with E-state index in [0.29, 0.717) is 6.04 Å². The van der Waals surface area contributed by atoms with Crippen LogP contribution in [0.3, 0.4) is 0 Å². The minimum atomic E-state index is -0.251. The van der Waals surface area contributed by atoms with Gasteiger partial charge in [-0.15, -0.1) is 0 Å². The average molecular weight is 199 g/mol. The van der Waals surface area contributed by atoms with E-state index in [1.165, 1.54) is 19.3 Å². The molecule has 0 bridgehead atoms. The lowest BCUT2D eigenvalue weighted by Gasteiger charge is -2.36. The van der Waals surface area contributed by atoms with E-state index >= 15 is 0 Å². The molecule has 1 aliphatic rings. The molecule has 0 aromatic rings. The summed E-state index contributed by atoms with van der Waals surface area (Å²) in [6, 6.07) is 0.816. The van der Waals surface area contributed by atoms with Gasteiger partial charge in [0.2, 0.25) is 0 Å². The molecule has 2 N–H and O–H groups in total. The zero-order valence-corrected chi connectivity index (χ0v) is 9.96. The Morgan fingerprint density at radius 2 is 1.86 bits per heavy atom. The summed E-state index contributed by atoms with van der Waals surface area (Å²) in [5.74, 6) is 1.59. The van der Waals surface area contributed by atoms with Crippen LogP contribution in [0.1, 0.15) is 47.0 Å². The fourth-order valence-electron chi connectivity index (χ4n) is 2.24. The summed E-state index contributed by atoms with van der Waals surface area (Å²) in [6.07, 6.45) is 3.70. The van der Waals surface area contributed by atoms with Crippen LogP contribution in [0.2, 0.25) is 0 Å². The van der Waals surface area contributed by atoms with Gasteiger partial charge in [-0.3, -0.25) is 0 Å². The molecule has 2 nitrogen and oxygen atoms in total. The van der Waals surface area contributed by atoms with Crippen molar-refractivity contribution in [3.63, 3.8) is 0 Å². The molecule has 0 spiro atoms. The van der Waals surface area contributed by atoms with Crippen molar-refractivity contribution < 1.29 is 5.11 Å². The predicted molar refractivity (Wildman–Crippen MR) is 60.2 cm³/mol. The first-order chi connectivity index (χ1) is 6.50. The highest BCUT2D eigenvalue weighted by Gasteiger charge is 2.26. The number of nitrogens with one attached hydrogen (secondary N) is 1. The van der Waals surface area contributed by atoms with Crippen molar-refractivity contribution in [2.24, 2.45) is 11.8 Å². The molecule has 84 valence electrons. The molecule has 5 atom stereocenters. The fourth-order valence-corrected chi connectivity index (χ4v) is 2.24. The Hall–Kier alpha value is -0.0800. The molecule has 0 radical (unpaired) electrons. The molecule has 5 unspecified atom stereocenters. The molecule has 1 aliphatic carbocycles. The van der Waals surface area contributed by atoms with Crippen molar-refractivity contribution in [2.75, 3.05) is 0 Å². The third-order valence-electron chi connectivity index (χ3n) is 3.66. The van der Waals surface area contributed by atoms with E-state index in [1.54, 1.807) is 0 Å². The number of aliphatic hydroxyl groups excluding tert-OH is 1. The predicted octanol–water partition coefficient (Wildman–Crippen LogP) is 2.17. The van der Waals surface area contributed by atoms with Crippen LogP contribution in [0.4, 0.5) is 0 Å². The van der Waals surface area contributed by atoms with Gasteiger partial charge in [0.1, 0.15) is 0 Å². The molecule has 0 aromatic carbocycles. The van der Waals surface area contributed by atoms with Crippen LogP contribution in [0.15, 0.2) is 0 Å². The van der Waals surface area contributed by atoms with Crippen molar-refractivity contribution in [1.29, 1.82) is 0 Å². The molecular weight excluding hydrogens is 174 g/mol. The zero-order chi connectivity index (χ0) is 10.7. The van der Waals surface area contributed by atoms with Gasteiger partial charge in [0.15, 0.2) is 0 Å². The third kappa shape index (κ3) is 3.25. The summed E-state index contributed by atoms with van der Waals surface area (Å²) in [4.78, 5) is 0. The van der Waals surface area contributed by atoms with Crippen LogP contribution >= 0.6 is 0 Å². The van der Waals surface area contributed by atoms with Crippen LogP contribution in [-0.2, 0) is 0 Å². The topological polar surface area (TPSA) is 32.3 Å². The molecule has 2 heteroatoms. The monoisotopic (exact) mass is 199 g/mol. The molecule has 0 saturated heterocycles. The second-order valence-electron chi connectivity index (χ2n) is 5.20. The van der Waals surface area contributed by atoms with Crippen molar-refractivity contribution in [2.45, 2.75) is 65.1 Å². The quantitative estimate of drug-likeness (QED) is 0.730. The molecule has 0 amide bonds. The Morgan fingerprint density at radius 3 is 2.43 bits per heavy atom. The van der Waals surface area contributed by atoms with E-state index in [-0.39, 0.29) is 12.1 Å². The number of rotatable bonds is 3. The average Bonchev–Trinajstić information content (AvgIpc) is 2.11. The Kier molecular flexibility index (Phi) is 4.39. The standard InChI is InChI=1S/C12H25NO/c1-8-5-6-9(2)12(7-8)13-10(3)11(4)14/h8-14H,5-7H2,1-4H3. The molecule has 14 heavy (non-hydrogen) atoms. The van der Waals surface area contributed by atoms with Gasteiger partial charge in [-0.25, -0.2) is 0 Å². The van der Waals surface area contributed by atoms with Crippen LogP contribution in [0, 0.1) is 11.8 Å². The molecule has 1 rings (SSSR count). The number of aliphatic hydroxyl groups is 1. The van der Waals surface area contributed by atoms with E-state index in [4.69, 9.17) is 0 Å². The summed E-state index contributed by atoms with van der Waals surface area (Å²) in [5.41, 5.74) is 0. The van der Waals surface area contributed by atoms with Gasteiger partial charge in [-0.2, -0.15) is 0 Å². The highest BCUT2D eigenvalue weighted by molar-refractivity contribution is 4.84. The summed E-state index contributed by atoms with van der Waals surface area (Å²) in [5, 5.41) is 13.0. The third-order valence-corrected chi connectivity index (χ3v) is 3.66. The van der Waals surface area contributed by atoms with Crippen LogP contribution < -0.4 is 5.32 Å². The molecule has 1 saturated carbocycles.